The van der Waals surface area contributed by atoms with Gasteiger partial charge in [-0.1, -0.05) is 6.92 Å². The first-order chi connectivity index (χ1) is 8.02. The predicted molar refractivity (Wildman–Crippen MR) is 69.7 cm³/mol. The molecule has 0 amide bonds. The quantitative estimate of drug-likeness (QED) is 0.843. The van der Waals surface area contributed by atoms with Crippen LogP contribution in [0.15, 0.2) is 0 Å². The molecule has 1 aromatic rings. The second kappa shape index (κ2) is 5.58. The number of aromatic nitrogens is 2. The number of nitriles is 1. The third kappa shape index (κ3) is 2.70. The van der Waals surface area contributed by atoms with Crippen molar-refractivity contribution < 1.29 is 0 Å². The van der Waals surface area contributed by atoms with Crippen molar-refractivity contribution in [3.05, 3.63) is 5.69 Å². The van der Waals surface area contributed by atoms with Crippen molar-refractivity contribution in [1.29, 1.82) is 5.26 Å². The minimum Gasteiger partial charge on any atom is -0.394 e. The van der Waals surface area contributed by atoms with Crippen LogP contribution in [0.1, 0.15) is 32.9 Å². The molecule has 17 heavy (non-hydrogen) atoms. The lowest BCUT2D eigenvalue weighted by Gasteiger charge is -2.28. The molecule has 0 aliphatic carbocycles. The van der Waals surface area contributed by atoms with Crippen molar-refractivity contribution >= 4 is 11.5 Å². The molecule has 5 heteroatoms. The van der Waals surface area contributed by atoms with Gasteiger partial charge < -0.3 is 10.6 Å². The number of hydrogen-bond donors (Lipinski definition) is 1. The van der Waals surface area contributed by atoms with Gasteiger partial charge in [0.1, 0.15) is 0 Å². The molecule has 0 spiro atoms. The van der Waals surface area contributed by atoms with E-state index in [1.807, 2.05) is 18.7 Å². The second-order valence-electron chi connectivity index (χ2n) is 4.36. The maximum Gasteiger partial charge on any atom is 0.150 e. The van der Waals surface area contributed by atoms with E-state index in [-0.39, 0.29) is 0 Å². The molecular weight excluding hydrogens is 214 g/mol. The van der Waals surface area contributed by atoms with Gasteiger partial charge in [-0.2, -0.15) is 10.4 Å². The normalized spacial score (nSPS) is 10.6. The van der Waals surface area contributed by atoms with Crippen LogP contribution in [0, 0.1) is 11.3 Å². The summed E-state index contributed by atoms with van der Waals surface area (Å²) in [7, 11) is 1.90. The van der Waals surface area contributed by atoms with Gasteiger partial charge in [-0.3, -0.25) is 4.68 Å². The van der Waals surface area contributed by atoms with Crippen molar-refractivity contribution in [3.8, 4) is 6.07 Å². The van der Waals surface area contributed by atoms with E-state index < -0.39 is 0 Å². The first kappa shape index (κ1) is 13.4. The van der Waals surface area contributed by atoms with E-state index >= 15 is 0 Å². The maximum absolute atomic E-state index is 8.70. The smallest absolute Gasteiger partial charge is 0.150 e. The van der Waals surface area contributed by atoms with Gasteiger partial charge in [-0.05, 0) is 20.3 Å². The Kier molecular flexibility index (Phi) is 4.38. The maximum atomic E-state index is 8.70. The molecule has 1 heterocycles. The minimum atomic E-state index is 0.297. The Labute approximate surface area is 103 Å². The molecule has 0 radical (unpaired) electrons. The minimum absolute atomic E-state index is 0.297. The predicted octanol–water partition coefficient (Wildman–Crippen LogP) is 1.69. The van der Waals surface area contributed by atoms with Crippen molar-refractivity contribution in [2.75, 3.05) is 17.2 Å². The Bertz CT molecular complexity index is 413. The molecular formula is C12H21N5. The van der Waals surface area contributed by atoms with Crippen molar-refractivity contribution in [2.24, 2.45) is 7.05 Å². The van der Waals surface area contributed by atoms with Crippen LogP contribution in [0.25, 0.3) is 0 Å². The molecule has 0 aliphatic heterocycles. The summed E-state index contributed by atoms with van der Waals surface area (Å²) in [6.07, 6.45) is 1.31. The average molecular weight is 235 g/mol. The first-order valence-corrected chi connectivity index (χ1v) is 5.97. The number of nitrogens with zero attached hydrogens (tertiary/aromatic N) is 4. The molecule has 0 unspecified atom stereocenters. The summed E-state index contributed by atoms with van der Waals surface area (Å²) < 4.78 is 1.81. The molecule has 2 N–H and O–H groups in total. The molecule has 0 aliphatic rings. The highest BCUT2D eigenvalue weighted by atomic mass is 15.4. The Morgan fingerprint density at radius 3 is 2.59 bits per heavy atom. The number of hydrogen-bond acceptors (Lipinski definition) is 4. The Morgan fingerprint density at radius 1 is 1.53 bits per heavy atom. The highest BCUT2D eigenvalue weighted by molar-refractivity contribution is 5.66. The summed E-state index contributed by atoms with van der Waals surface area (Å²) >= 11 is 0. The summed E-state index contributed by atoms with van der Waals surface area (Å²) in [5, 5.41) is 13.1. The van der Waals surface area contributed by atoms with Crippen LogP contribution in [0.2, 0.25) is 0 Å². The van der Waals surface area contributed by atoms with E-state index in [0.717, 1.165) is 23.6 Å². The van der Waals surface area contributed by atoms with Gasteiger partial charge in [-0.25, -0.2) is 0 Å². The van der Waals surface area contributed by atoms with Crippen molar-refractivity contribution in [1.82, 2.24) is 9.78 Å². The number of nitrogens with two attached hydrogens (primary N) is 1. The first-order valence-electron chi connectivity index (χ1n) is 5.97. The average Bonchev–Trinajstić information content (AvgIpc) is 2.56. The van der Waals surface area contributed by atoms with Gasteiger partial charge in [0.2, 0.25) is 0 Å². The number of nitrogen functional groups attached to an aromatic ring is 1. The standard InChI is InChI=1S/C12H21N5/c1-5-10-11(14)12(16(4)15-10)17(9(2)3)8-6-7-13/h9H,5-6,8,14H2,1-4H3. The lowest BCUT2D eigenvalue weighted by atomic mass is 10.2. The molecule has 0 aromatic carbocycles. The fraction of sp³-hybridized carbons (Fsp3) is 0.667. The SMILES string of the molecule is CCc1nn(C)c(N(CCC#N)C(C)C)c1N. The van der Waals surface area contributed by atoms with Crippen LogP contribution in [-0.4, -0.2) is 22.4 Å². The van der Waals surface area contributed by atoms with Crippen molar-refractivity contribution in [2.45, 2.75) is 39.7 Å². The number of rotatable bonds is 5. The highest BCUT2D eigenvalue weighted by Crippen LogP contribution is 2.28. The van der Waals surface area contributed by atoms with E-state index in [1.165, 1.54) is 0 Å². The number of aryl methyl sites for hydroxylation is 2. The topological polar surface area (TPSA) is 70.9 Å². The van der Waals surface area contributed by atoms with Gasteiger partial charge >= 0.3 is 0 Å². The molecule has 0 fully saturated rings. The molecule has 0 atom stereocenters. The summed E-state index contributed by atoms with van der Waals surface area (Å²) in [6.45, 7) is 6.91. The Morgan fingerprint density at radius 2 is 2.18 bits per heavy atom. The van der Waals surface area contributed by atoms with Crippen LogP contribution < -0.4 is 10.6 Å². The molecule has 0 saturated carbocycles. The zero-order valence-electron chi connectivity index (χ0n) is 11.1. The van der Waals surface area contributed by atoms with E-state index in [9.17, 15) is 0 Å². The molecule has 1 rings (SSSR count). The molecule has 1 aromatic heterocycles. The Balaban J connectivity index is 3.10. The van der Waals surface area contributed by atoms with Crippen LogP contribution in [0.4, 0.5) is 11.5 Å². The van der Waals surface area contributed by atoms with Gasteiger partial charge in [-0.15, -0.1) is 0 Å². The van der Waals surface area contributed by atoms with E-state index in [2.05, 4.69) is 29.9 Å². The van der Waals surface area contributed by atoms with Gasteiger partial charge in [0, 0.05) is 19.6 Å². The molecule has 0 saturated heterocycles. The van der Waals surface area contributed by atoms with E-state index in [0.29, 0.717) is 19.0 Å². The zero-order valence-corrected chi connectivity index (χ0v) is 11.1. The van der Waals surface area contributed by atoms with Crippen LogP contribution in [0.5, 0.6) is 0 Å². The second-order valence-corrected chi connectivity index (χ2v) is 4.36. The lowest BCUT2D eigenvalue weighted by molar-refractivity contribution is 0.638. The third-order valence-electron chi connectivity index (χ3n) is 2.82. The number of anilines is 2. The van der Waals surface area contributed by atoms with Gasteiger partial charge in [0.15, 0.2) is 5.82 Å². The third-order valence-corrected chi connectivity index (χ3v) is 2.82. The largest absolute Gasteiger partial charge is 0.394 e. The molecule has 5 nitrogen and oxygen atoms in total. The monoisotopic (exact) mass is 235 g/mol. The van der Waals surface area contributed by atoms with Crippen LogP contribution in [-0.2, 0) is 13.5 Å². The summed E-state index contributed by atoms with van der Waals surface area (Å²) in [6, 6.07) is 2.47. The highest BCUT2D eigenvalue weighted by Gasteiger charge is 2.20. The summed E-state index contributed by atoms with van der Waals surface area (Å²) in [5.41, 5.74) is 7.78. The summed E-state index contributed by atoms with van der Waals surface area (Å²) in [5.74, 6) is 0.923. The van der Waals surface area contributed by atoms with Gasteiger partial charge in [0.05, 0.1) is 23.9 Å². The molecule has 94 valence electrons. The zero-order chi connectivity index (χ0) is 13.0. The van der Waals surface area contributed by atoms with Crippen LogP contribution >= 0.6 is 0 Å². The molecule has 0 bridgehead atoms. The van der Waals surface area contributed by atoms with E-state index in [4.69, 9.17) is 11.0 Å². The van der Waals surface area contributed by atoms with Crippen molar-refractivity contribution in [3.63, 3.8) is 0 Å². The summed E-state index contributed by atoms with van der Waals surface area (Å²) in [4.78, 5) is 2.13. The fourth-order valence-corrected chi connectivity index (χ4v) is 1.97. The van der Waals surface area contributed by atoms with E-state index in [1.54, 1.807) is 0 Å². The Hall–Kier alpha value is -1.70. The van der Waals surface area contributed by atoms with Gasteiger partial charge in [0.25, 0.3) is 0 Å². The lowest BCUT2D eigenvalue weighted by Crippen LogP contribution is -2.33. The van der Waals surface area contributed by atoms with Crippen LogP contribution in [0.3, 0.4) is 0 Å². The fourth-order valence-electron chi connectivity index (χ4n) is 1.97.